The van der Waals surface area contributed by atoms with Gasteiger partial charge in [0, 0.05) is 13.7 Å². The van der Waals surface area contributed by atoms with Gasteiger partial charge in [0.15, 0.2) is 0 Å². The first-order chi connectivity index (χ1) is 8.88. The summed E-state index contributed by atoms with van der Waals surface area (Å²) >= 11 is 0. The van der Waals surface area contributed by atoms with Crippen molar-refractivity contribution in [2.45, 2.75) is 51.8 Å². The van der Waals surface area contributed by atoms with Gasteiger partial charge in [-0.15, -0.1) is 0 Å². The minimum atomic E-state index is -0.994. The van der Waals surface area contributed by atoms with Crippen LogP contribution in [-0.2, 0) is 9.53 Å². The monoisotopic (exact) mass is 272 g/mol. The SMILES string of the molecule is CCC(C)C(NC(=O)N(C)C1CCOC1C)C(=O)O. The van der Waals surface area contributed by atoms with Crippen LogP contribution in [0.15, 0.2) is 0 Å². The predicted octanol–water partition coefficient (Wildman–Crippen LogP) is 1.30. The molecular formula is C13H24N2O4. The van der Waals surface area contributed by atoms with Crippen molar-refractivity contribution in [3.63, 3.8) is 0 Å². The third-order valence-corrected chi connectivity index (χ3v) is 3.91. The summed E-state index contributed by atoms with van der Waals surface area (Å²) < 4.78 is 5.42. The third kappa shape index (κ3) is 3.83. The van der Waals surface area contributed by atoms with Crippen LogP contribution in [-0.4, -0.2) is 53.8 Å². The average Bonchev–Trinajstić information content (AvgIpc) is 2.79. The molecule has 0 aromatic rings. The number of carboxylic acid groups (broad SMARTS) is 1. The Labute approximate surface area is 114 Å². The van der Waals surface area contributed by atoms with Gasteiger partial charge in [-0.2, -0.15) is 0 Å². The second-order valence-corrected chi connectivity index (χ2v) is 5.19. The standard InChI is InChI=1S/C13H24N2O4/c1-5-8(2)11(12(16)17)14-13(18)15(4)10-6-7-19-9(10)3/h8-11H,5-7H2,1-4H3,(H,14,18)(H,16,17). The Kier molecular flexibility index (Phi) is 5.60. The number of amides is 2. The number of nitrogens with one attached hydrogen (secondary N) is 1. The molecule has 6 nitrogen and oxygen atoms in total. The van der Waals surface area contributed by atoms with Crippen LogP contribution in [0.4, 0.5) is 4.79 Å². The van der Waals surface area contributed by atoms with Crippen molar-refractivity contribution in [3.8, 4) is 0 Å². The molecule has 0 aliphatic carbocycles. The van der Waals surface area contributed by atoms with Gasteiger partial charge in [0.25, 0.3) is 0 Å². The smallest absolute Gasteiger partial charge is 0.326 e. The molecule has 19 heavy (non-hydrogen) atoms. The van der Waals surface area contributed by atoms with Gasteiger partial charge >= 0.3 is 12.0 Å². The van der Waals surface area contributed by atoms with Gasteiger partial charge in [0.1, 0.15) is 6.04 Å². The van der Waals surface area contributed by atoms with E-state index in [0.29, 0.717) is 13.0 Å². The van der Waals surface area contributed by atoms with Gasteiger partial charge in [0.2, 0.25) is 0 Å². The molecule has 0 spiro atoms. The van der Waals surface area contributed by atoms with Crippen molar-refractivity contribution in [2.75, 3.05) is 13.7 Å². The lowest BCUT2D eigenvalue weighted by molar-refractivity contribution is -0.140. The first-order valence-electron chi connectivity index (χ1n) is 6.76. The Bertz CT molecular complexity index is 335. The zero-order valence-electron chi connectivity index (χ0n) is 12.0. The first kappa shape index (κ1) is 15.8. The number of hydrogen-bond acceptors (Lipinski definition) is 3. The minimum Gasteiger partial charge on any atom is -0.480 e. The minimum absolute atomic E-state index is 0.00591. The zero-order chi connectivity index (χ0) is 14.6. The van der Waals surface area contributed by atoms with Crippen LogP contribution in [0.2, 0.25) is 0 Å². The van der Waals surface area contributed by atoms with E-state index in [1.165, 1.54) is 0 Å². The Morgan fingerprint density at radius 1 is 1.53 bits per heavy atom. The van der Waals surface area contributed by atoms with E-state index in [1.54, 1.807) is 11.9 Å². The number of carbonyl (C=O) groups is 2. The van der Waals surface area contributed by atoms with Crippen LogP contribution in [0.3, 0.4) is 0 Å². The van der Waals surface area contributed by atoms with Gasteiger partial charge in [0.05, 0.1) is 12.1 Å². The summed E-state index contributed by atoms with van der Waals surface area (Å²) in [5.74, 6) is -1.10. The largest absolute Gasteiger partial charge is 0.480 e. The highest BCUT2D eigenvalue weighted by Crippen LogP contribution is 2.18. The molecule has 4 atom stereocenters. The molecule has 1 rings (SSSR count). The van der Waals surface area contributed by atoms with Gasteiger partial charge in [-0.1, -0.05) is 20.3 Å². The Balaban J connectivity index is 2.63. The Hall–Kier alpha value is -1.30. The highest BCUT2D eigenvalue weighted by molar-refractivity contribution is 5.82. The fourth-order valence-corrected chi connectivity index (χ4v) is 2.30. The average molecular weight is 272 g/mol. The molecule has 1 aliphatic rings. The molecule has 0 aromatic heterocycles. The van der Waals surface area contributed by atoms with E-state index in [9.17, 15) is 9.59 Å². The number of carboxylic acids is 1. The van der Waals surface area contributed by atoms with Crippen LogP contribution < -0.4 is 5.32 Å². The topological polar surface area (TPSA) is 78.9 Å². The van der Waals surface area contributed by atoms with E-state index in [4.69, 9.17) is 9.84 Å². The molecule has 2 amide bonds. The maximum absolute atomic E-state index is 12.1. The molecule has 1 aliphatic heterocycles. The molecular weight excluding hydrogens is 248 g/mol. The number of carbonyl (C=O) groups excluding carboxylic acids is 1. The van der Waals surface area contributed by atoms with E-state index in [-0.39, 0.29) is 24.1 Å². The quantitative estimate of drug-likeness (QED) is 0.790. The van der Waals surface area contributed by atoms with Crippen molar-refractivity contribution in [3.05, 3.63) is 0 Å². The highest BCUT2D eigenvalue weighted by atomic mass is 16.5. The zero-order valence-corrected chi connectivity index (χ0v) is 12.0. The van der Waals surface area contributed by atoms with Gasteiger partial charge in [-0.3, -0.25) is 0 Å². The van der Waals surface area contributed by atoms with E-state index in [2.05, 4.69) is 5.32 Å². The summed E-state index contributed by atoms with van der Waals surface area (Å²) in [5.41, 5.74) is 0. The third-order valence-electron chi connectivity index (χ3n) is 3.91. The summed E-state index contributed by atoms with van der Waals surface area (Å²) in [5, 5.41) is 11.8. The molecule has 1 fully saturated rings. The predicted molar refractivity (Wildman–Crippen MR) is 71.0 cm³/mol. The van der Waals surface area contributed by atoms with Crippen molar-refractivity contribution in [2.24, 2.45) is 5.92 Å². The molecule has 4 unspecified atom stereocenters. The summed E-state index contributed by atoms with van der Waals surface area (Å²) in [6.07, 6.45) is 1.47. The van der Waals surface area contributed by atoms with E-state index in [0.717, 1.165) is 6.42 Å². The van der Waals surface area contributed by atoms with E-state index < -0.39 is 12.0 Å². The normalized spacial score (nSPS) is 25.7. The lowest BCUT2D eigenvalue weighted by Gasteiger charge is -2.29. The molecule has 110 valence electrons. The van der Waals surface area contributed by atoms with E-state index in [1.807, 2.05) is 20.8 Å². The fraction of sp³-hybridized carbons (Fsp3) is 0.846. The number of aliphatic carboxylic acids is 1. The lowest BCUT2D eigenvalue weighted by atomic mass is 9.99. The summed E-state index contributed by atoms with van der Waals surface area (Å²) in [6.45, 7) is 6.28. The number of hydrogen-bond donors (Lipinski definition) is 2. The maximum Gasteiger partial charge on any atom is 0.326 e. The molecule has 0 radical (unpaired) electrons. The van der Waals surface area contributed by atoms with Crippen molar-refractivity contribution in [1.29, 1.82) is 0 Å². The number of urea groups is 1. The summed E-state index contributed by atoms with van der Waals surface area (Å²) in [6, 6.07) is -1.20. The van der Waals surface area contributed by atoms with Crippen LogP contribution in [0.1, 0.15) is 33.6 Å². The molecule has 1 heterocycles. The molecule has 0 aromatic carbocycles. The summed E-state index contributed by atoms with van der Waals surface area (Å²) in [7, 11) is 1.68. The van der Waals surface area contributed by atoms with Crippen molar-refractivity contribution in [1.82, 2.24) is 10.2 Å². The molecule has 2 N–H and O–H groups in total. The number of nitrogens with zero attached hydrogens (tertiary/aromatic N) is 1. The van der Waals surface area contributed by atoms with Gasteiger partial charge in [-0.05, 0) is 19.3 Å². The molecule has 0 saturated carbocycles. The molecule has 0 bridgehead atoms. The van der Waals surface area contributed by atoms with Crippen LogP contribution >= 0.6 is 0 Å². The second-order valence-electron chi connectivity index (χ2n) is 5.19. The van der Waals surface area contributed by atoms with Crippen molar-refractivity contribution < 1.29 is 19.4 Å². The second kappa shape index (κ2) is 6.75. The lowest BCUT2D eigenvalue weighted by Crippen LogP contribution is -2.53. The fourth-order valence-electron chi connectivity index (χ4n) is 2.30. The van der Waals surface area contributed by atoms with Crippen LogP contribution in [0.5, 0.6) is 0 Å². The highest BCUT2D eigenvalue weighted by Gasteiger charge is 2.33. The molecule has 6 heteroatoms. The number of likely N-dealkylation sites (N-methyl/N-ethyl adjacent to an activating group) is 1. The van der Waals surface area contributed by atoms with Crippen LogP contribution in [0, 0.1) is 5.92 Å². The Morgan fingerprint density at radius 3 is 2.58 bits per heavy atom. The number of ether oxygens (including phenoxy) is 1. The van der Waals surface area contributed by atoms with Gasteiger partial charge < -0.3 is 20.1 Å². The van der Waals surface area contributed by atoms with E-state index >= 15 is 0 Å². The number of rotatable bonds is 5. The Morgan fingerprint density at radius 2 is 2.16 bits per heavy atom. The molecule has 1 saturated heterocycles. The first-order valence-corrected chi connectivity index (χ1v) is 6.76. The van der Waals surface area contributed by atoms with Gasteiger partial charge in [-0.25, -0.2) is 9.59 Å². The van der Waals surface area contributed by atoms with Crippen molar-refractivity contribution >= 4 is 12.0 Å². The summed E-state index contributed by atoms with van der Waals surface area (Å²) in [4.78, 5) is 24.8. The van der Waals surface area contributed by atoms with Crippen LogP contribution in [0.25, 0.3) is 0 Å². The maximum atomic E-state index is 12.1.